The third-order valence-electron chi connectivity index (χ3n) is 2.39. The fourth-order valence-corrected chi connectivity index (χ4v) is 1.69. The number of aliphatic hydroxyl groups excluding tert-OH is 1. The Morgan fingerprint density at radius 1 is 1.50 bits per heavy atom. The minimum atomic E-state index is -0.703. The average Bonchev–Trinajstić information content (AvgIpc) is 2.25. The second-order valence-corrected chi connectivity index (χ2v) is 3.60. The smallest absolute Gasteiger partial charge is 0.220 e. The fourth-order valence-electron chi connectivity index (χ4n) is 1.69. The normalized spacial score (nSPS) is 14.2. The number of aromatic nitrogens is 2. The topological polar surface area (TPSA) is 66.3 Å². The number of hydrogen-bond donors (Lipinski definition) is 1. The summed E-state index contributed by atoms with van der Waals surface area (Å²) >= 11 is 0. The third kappa shape index (κ3) is 2.76. The summed E-state index contributed by atoms with van der Waals surface area (Å²) in [6.07, 6.45) is 2.50. The van der Waals surface area contributed by atoms with Crippen LogP contribution in [0.2, 0.25) is 0 Å². The number of hydrogen-bond acceptors (Lipinski definition) is 4. The van der Waals surface area contributed by atoms with E-state index in [0.29, 0.717) is 12.4 Å². The summed E-state index contributed by atoms with van der Waals surface area (Å²) in [5, 5.41) is 9.74. The van der Waals surface area contributed by atoms with E-state index in [4.69, 9.17) is 0 Å². The molecule has 0 spiro atoms. The summed E-state index contributed by atoms with van der Waals surface area (Å²) in [4.78, 5) is 21.2. The van der Waals surface area contributed by atoms with Crippen molar-refractivity contribution in [3.05, 3.63) is 24.3 Å². The first-order valence-corrected chi connectivity index (χ1v) is 5.30. The summed E-state index contributed by atoms with van der Waals surface area (Å²) < 4.78 is 0. The van der Waals surface area contributed by atoms with Gasteiger partial charge in [0.1, 0.15) is 6.04 Å². The Hall–Kier alpha value is -1.49. The number of likely N-dealkylation sites (N-methyl/N-ethyl adjacent to an activating group) is 1. The molecule has 1 N–H and O–H groups in total. The molecule has 0 radical (unpaired) electrons. The summed E-state index contributed by atoms with van der Waals surface area (Å²) in [7, 11) is 0. The lowest BCUT2D eigenvalue weighted by Crippen LogP contribution is -2.39. The molecule has 1 aromatic rings. The van der Waals surface area contributed by atoms with Gasteiger partial charge in [-0.05, 0) is 19.9 Å². The Morgan fingerprint density at radius 2 is 2.06 bits per heavy atom. The standard InChI is InChI=1S/C11H17N3O2/c1-4-14(9(3)16)10(8(2)15)11-12-6-5-7-13-11/h5-8,10,15H,4H2,1-3H3. The molecule has 0 bridgehead atoms. The van der Waals surface area contributed by atoms with Crippen LogP contribution in [0.4, 0.5) is 0 Å². The van der Waals surface area contributed by atoms with Gasteiger partial charge in [-0.15, -0.1) is 0 Å². The largest absolute Gasteiger partial charge is 0.391 e. The molecule has 1 aromatic heterocycles. The van der Waals surface area contributed by atoms with Crippen molar-refractivity contribution < 1.29 is 9.90 Å². The van der Waals surface area contributed by atoms with Crippen LogP contribution >= 0.6 is 0 Å². The van der Waals surface area contributed by atoms with Gasteiger partial charge in [0.05, 0.1) is 6.10 Å². The van der Waals surface area contributed by atoms with Gasteiger partial charge in [-0.25, -0.2) is 9.97 Å². The van der Waals surface area contributed by atoms with Crippen molar-refractivity contribution in [3.8, 4) is 0 Å². The van der Waals surface area contributed by atoms with Crippen LogP contribution in [-0.4, -0.2) is 38.5 Å². The highest BCUT2D eigenvalue weighted by Crippen LogP contribution is 2.20. The first-order valence-electron chi connectivity index (χ1n) is 5.30. The zero-order valence-corrected chi connectivity index (χ0v) is 9.79. The van der Waals surface area contributed by atoms with E-state index in [1.165, 1.54) is 6.92 Å². The van der Waals surface area contributed by atoms with E-state index < -0.39 is 12.1 Å². The van der Waals surface area contributed by atoms with E-state index in [2.05, 4.69) is 9.97 Å². The molecule has 1 amide bonds. The number of carbonyl (C=O) groups excluding carboxylic acids is 1. The molecule has 0 fully saturated rings. The predicted molar refractivity (Wildman–Crippen MR) is 59.5 cm³/mol. The van der Waals surface area contributed by atoms with Crippen LogP contribution < -0.4 is 0 Å². The van der Waals surface area contributed by atoms with Gasteiger partial charge in [-0.2, -0.15) is 0 Å². The molecular formula is C11H17N3O2. The van der Waals surface area contributed by atoms with Crippen LogP contribution in [0.5, 0.6) is 0 Å². The Bertz CT molecular complexity index is 340. The van der Waals surface area contributed by atoms with E-state index >= 15 is 0 Å². The maximum atomic E-state index is 11.5. The van der Waals surface area contributed by atoms with Crippen molar-refractivity contribution in [2.75, 3.05) is 6.54 Å². The Balaban J connectivity index is 3.04. The average molecular weight is 223 g/mol. The molecule has 2 atom stereocenters. The van der Waals surface area contributed by atoms with Crippen LogP contribution in [-0.2, 0) is 4.79 Å². The van der Waals surface area contributed by atoms with Gasteiger partial charge < -0.3 is 10.0 Å². The zero-order chi connectivity index (χ0) is 12.1. The van der Waals surface area contributed by atoms with Gasteiger partial charge in [-0.3, -0.25) is 4.79 Å². The van der Waals surface area contributed by atoms with Crippen LogP contribution in [0.1, 0.15) is 32.6 Å². The molecule has 5 heteroatoms. The lowest BCUT2D eigenvalue weighted by atomic mass is 10.1. The lowest BCUT2D eigenvalue weighted by molar-refractivity contribution is -0.133. The summed E-state index contributed by atoms with van der Waals surface area (Å²) in [5.41, 5.74) is 0. The molecule has 5 nitrogen and oxygen atoms in total. The molecule has 0 aliphatic heterocycles. The minimum absolute atomic E-state index is 0.0964. The molecule has 88 valence electrons. The van der Waals surface area contributed by atoms with Gasteiger partial charge in [0.25, 0.3) is 0 Å². The first kappa shape index (κ1) is 12.6. The van der Waals surface area contributed by atoms with Gasteiger partial charge >= 0.3 is 0 Å². The van der Waals surface area contributed by atoms with Crippen molar-refractivity contribution in [1.29, 1.82) is 0 Å². The lowest BCUT2D eigenvalue weighted by Gasteiger charge is -2.30. The maximum absolute atomic E-state index is 11.5. The fraction of sp³-hybridized carbons (Fsp3) is 0.545. The third-order valence-corrected chi connectivity index (χ3v) is 2.39. The van der Waals surface area contributed by atoms with Crippen molar-refractivity contribution in [2.24, 2.45) is 0 Å². The minimum Gasteiger partial charge on any atom is -0.391 e. The molecule has 2 unspecified atom stereocenters. The Kier molecular flexibility index (Phi) is 4.37. The van der Waals surface area contributed by atoms with Crippen molar-refractivity contribution >= 4 is 5.91 Å². The van der Waals surface area contributed by atoms with Gasteiger partial charge in [0.15, 0.2) is 5.82 Å². The number of carbonyl (C=O) groups is 1. The number of rotatable bonds is 4. The predicted octanol–water partition coefficient (Wildman–Crippen LogP) is 0.767. The number of amides is 1. The SMILES string of the molecule is CCN(C(C)=O)C(c1ncccn1)C(C)O. The quantitative estimate of drug-likeness (QED) is 0.818. The molecule has 1 heterocycles. The first-order chi connectivity index (χ1) is 7.57. The van der Waals surface area contributed by atoms with Crippen LogP contribution in [0.15, 0.2) is 18.5 Å². The zero-order valence-electron chi connectivity index (χ0n) is 9.79. The van der Waals surface area contributed by atoms with Gasteiger partial charge in [0.2, 0.25) is 5.91 Å². The number of aliphatic hydroxyl groups is 1. The van der Waals surface area contributed by atoms with Crippen LogP contribution in [0, 0.1) is 0 Å². The number of nitrogens with zero attached hydrogens (tertiary/aromatic N) is 3. The molecular weight excluding hydrogens is 206 g/mol. The molecule has 0 aromatic carbocycles. The molecule has 0 saturated carbocycles. The van der Waals surface area contributed by atoms with Gasteiger partial charge in [0, 0.05) is 25.9 Å². The van der Waals surface area contributed by atoms with Crippen molar-refractivity contribution in [2.45, 2.75) is 32.9 Å². The highest BCUT2D eigenvalue weighted by atomic mass is 16.3. The molecule has 0 saturated heterocycles. The summed E-state index contributed by atoms with van der Waals surface area (Å²) in [6, 6.07) is 1.22. The monoisotopic (exact) mass is 223 g/mol. The van der Waals surface area contributed by atoms with Gasteiger partial charge in [-0.1, -0.05) is 0 Å². The van der Waals surface area contributed by atoms with Crippen molar-refractivity contribution in [3.63, 3.8) is 0 Å². The molecule has 16 heavy (non-hydrogen) atoms. The molecule has 1 rings (SSSR count). The van der Waals surface area contributed by atoms with Crippen LogP contribution in [0.3, 0.4) is 0 Å². The Morgan fingerprint density at radius 3 is 2.44 bits per heavy atom. The van der Waals surface area contributed by atoms with Crippen molar-refractivity contribution in [1.82, 2.24) is 14.9 Å². The Labute approximate surface area is 95.1 Å². The summed E-state index contributed by atoms with van der Waals surface area (Å²) in [6.45, 7) is 5.48. The van der Waals surface area contributed by atoms with E-state index in [9.17, 15) is 9.90 Å². The summed E-state index contributed by atoms with van der Waals surface area (Å²) in [5.74, 6) is 0.371. The van der Waals surface area contributed by atoms with Crippen LogP contribution in [0.25, 0.3) is 0 Å². The molecule has 0 aliphatic carbocycles. The van der Waals surface area contributed by atoms with E-state index in [0.717, 1.165) is 0 Å². The highest BCUT2D eigenvalue weighted by molar-refractivity contribution is 5.73. The van der Waals surface area contributed by atoms with E-state index in [-0.39, 0.29) is 5.91 Å². The second-order valence-electron chi connectivity index (χ2n) is 3.60. The highest BCUT2D eigenvalue weighted by Gasteiger charge is 2.27. The second kappa shape index (κ2) is 5.55. The van der Waals surface area contributed by atoms with E-state index in [1.54, 1.807) is 30.3 Å². The maximum Gasteiger partial charge on any atom is 0.220 e. The molecule has 0 aliphatic rings. The van der Waals surface area contributed by atoms with E-state index in [1.807, 2.05) is 6.92 Å².